The number of benzene rings is 1. The summed E-state index contributed by atoms with van der Waals surface area (Å²) in [6.07, 6.45) is 1.69. The van der Waals surface area contributed by atoms with Crippen LogP contribution < -0.4 is 10.5 Å². The van der Waals surface area contributed by atoms with Gasteiger partial charge in [-0.2, -0.15) is 0 Å². The number of ether oxygens (including phenoxy) is 1. The molecule has 1 aromatic carbocycles. The second-order valence-corrected chi connectivity index (χ2v) is 4.91. The molecule has 0 atom stereocenters. The highest BCUT2D eigenvalue weighted by molar-refractivity contribution is 9.10. The molecule has 2 aromatic rings. The van der Waals surface area contributed by atoms with E-state index in [4.69, 9.17) is 22.1 Å². The summed E-state index contributed by atoms with van der Waals surface area (Å²) in [5.74, 6) is 0.875. The van der Waals surface area contributed by atoms with Crippen molar-refractivity contribution in [3.8, 4) is 11.6 Å². The van der Waals surface area contributed by atoms with Gasteiger partial charge in [-0.05, 0) is 36.8 Å². The molecular weight excluding hydrogens is 304 g/mol. The van der Waals surface area contributed by atoms with Crippen molar-refractivity contribution in [1.82, 2.24) is 4.98 Å². The number of rotatable bonds is 2. The van der Waals surface area contributed by atoms with Crippen molar-refractivity contribution in [2.45, 2.75) is 6.92 Å². The molecule has 0 unspecified atom stereocenters. The first kappa shape index (κ1) is 12.2. The summed E-state index contributed by atoms with van der Waals surface area (Å²) < 4.78 is 6.46. The standard InChI is InChI=1S/C12H10BrClN2O/c1-7-4-10(15)12(16-6-7)17-11-5-8(13)2-3-9(11)14/h2-6H,15H2,1H3. The number of nitrogens with two attached hydrogens (primary N) is 1. The van der Waals surface area contributed by atoms with Crippen LogP contribution in [0.4, 0.5) is 5.69 Å². The van der Waals surface area contributed by atoms with Gasteiger partial charge in [-0.1, -0.05) is 27.5 Å². The van der Waals surface area contributed by atoms with E-state index >= 15 is 0 Å². The van der Waals surface area contributed by atoms with Crippen molar-refractivity contribution < 1.29 is 4.74 Å². The lowest BCUT2D eigenvalue weighted by Gasteiger charge is -2.09. The normalized spacial score (nSPS) is 10.3. The fourth-order valence-electron chi connectivity index (χ4n) is 1.32. The van der Waals surface area contributed by atoms with E-state index in [1.165, 1.54) is 0 Å². The van der Waals surface area contributed by atoms with E-state index in [9.17, 15) is 0 Å². The van der Waals surface area contributed by atoms with Crippen LogP contribution >= 0.6 is 27.5 Å². The van der Waals surface area contributed by atoms with Crippen LogP contribution in [0, 0.1) is 6.92 Å². The van der Waals surface area contributed by atoms with E-state index in [2.05, 4.69) is 20.9 Å². The number of anilines is 1. The molecule has 0 saturated heterocycles. The minimum absolute atomic E-state index is 0.357. The van der Waals surface area contributed by atoms with Crippen molar-refractivity contribution in [3.63, 3.8) is 0 Å². The Balaban J connectivity index is 2.34. The lowest BCUT2D eigenvalue weighted by molar-refractivity contribution is 0.465. The minimum atomic E-state index is 0.357. The Kier molecular flexibility index (Phi) is 3.54. The number of nitrogen functional groups attached to an aromatic ring is 1. The van der Waals surface area contributed by atoms with Crippen LogP contribution in [0.1, 0.15) is 5.56 Å². The lowest BCUT2D eigenvalue weighted by Crippen LogP contribution is -1.96. The van der Waals surface area contributed by atoms with Crippen LogP contribution in [0.25, 0.3) is 0 Å². The van der Waals surface area contributed by atoms with Crippen LogP contribution in [0.15, 0.2) is 34.9 Å². The molecule has 88 valence electrons. The zero-order chi connectivity index (χ0) is 12.4. The summed E-state index contributed by atoms with van der Waals surface area (Å²) in [6.45, 7) is 1.92. The van der Waals surface area contributed by atoms with Gasteiger partial charge < -0.3 is 10.5 Å². The third-order valence-electron chi connectivity index (χ3n) is 2.12. The van der Waals surface area contributed by atoms with Gasteiger partial charge in [0.1, 0.15) is 5.75 Å². The van der Waals surface area contributed by atoms with Gasteiger partial charge in [0.05, 0.1) is 10.7 Å². The van der Waals surface area contributed by atoms with E-state index in [0.717, 1.165) is 10.0 Å². The predicted octanol–water partition coefficient (Wildman–Crippen LogP) is 4.18. The molecule has 17 heavy (non-hydrogen) atoms. The van der Waals surface area contributed by atoms with E-state index in [1.807, 2.05) is 13.0 Å². The molecule has 0 aliphatic heterocycles. The number of hydrogen-bond donors (Lipinski definition) is 1. The van der Waals surface area contributed by atoms with Gasteiger partial charge in [0.2, 0.25) is 5.88 Å². The summed E-state index contributed by atoms with van der Waals surface area (Å²) in [4.78, 5) is 4.12. The molecule has 1 heterocycles. The van der Waals surface area contributed by atoms with E-state index in [1.54, 1.807) is 24.4 Å². The monoisotopic (exact) mass is 312 g/mol. The van der Waals surface area contributed by atoms with Crippen LogP contribution in [-0.2, 0) is 0 Å². The molecule has 0 fully saturated rings. The van der Waals surface area contributed by atoms with Crippen molar-refractivity contribution in [3.05, 3.63) is 45.5 Å². The summed E-state index contributed by atoms with van der Waals surface area (Å²) >= 11 is 9.36. The largest absolute Gasteiger partial charge is 0.435 e. The first-order chi connectivity index (χ1) is 8.06. The van der Waals surface area contributed by atoms with Crippen LogP contribution in [0.2, 0.25) is 5.02 Å². The molecule has 0 aliphatic rings. The molecule has 2 rings (SSSR count). The first-order valence-electron chi connectivity index (χ1n) is 4.91. The summed E-state index contributed by atoms with van der Waals surface area (Å²) in [5.41, 5.74) is 7.28. The number of hydrogen-bond acceptors (Lipinski definition) is 3. The first-order valence-corrected chi connectivity index (χ1v) is 6.08. The average Bonchev–Trinajstić information content (AvgIpc) is 2.27. The molecule has 0 spiro atoms. The maximum atomic E-state index is 6.02. The summed E-state index contributed by atoms with van der Waals surface area (Å²) in [7, 11) is 0. The van der Waals surface area contributed by atoms with E-state index < -0.39 is 0 Å². The van der Waals surface area contributed by atoms with Gasteiger partial charge in [-0.25, -0.2) is 4.98 Å². The fraction of sp³-hybridized carbons (Fsp3) is 0.0833. The molecule has 0 bridgehead atoms. The second-order valence-electron chi connectivity index (χ2n) is 3.58. The maximum Gasteiger partial charge on any atom is 0.242 e. The van der Waals surface area contributed by atoms with Gasteiger partial charge >= 0.3 is 0 Å². The van der Waals surface area contributed by atoms with Crippen LogP contribution in [-0.4, -0.2) is 4.98 Å². The van der Waals surface area contributed by atoms with E-state index in [0.29, 0.717) is 22.3 Å². The molecule has 1 aromatic heterocycles. The molecule has 5 heteroatoms. The molecule has 2 N–H and O–H groups in total. The molecule has 0 aliphatic carbocycles. The number of pyridine rings is 1. The van der Waals surface area contributed by atoms with Crippen molar-refractivity contribution in [1.29, 1.82) is 0 Å². The zero-order valence-electron chi connectivity index (χ0n) is 9.08. The molecule has 0 radical (unpaired) electrons. The Labute approximate surface area is 113 Å². The van der Waals surface area contributed by atoms with Crippen molar-refractivity contribution in [2.75, 3.05) is 5.73 Å². The van der Waals surface area contributed by atoms with Crippen molar-refractivity contribution >= 4 is 33.2 Å². The highest BCUT2D eigenvalue weighted by atomic mass is 79.9. The number of aryl methyl sites for hydroxylation is 1. The lowest BCUT2D eigenvalue weighted by atomic mass is 10.3. The van der Waals surface area contributed by atoms with Gasteiger partial charge in [0.25, 0.3) is 0 Å². The van der Waals surface area contributed by atoms with Gasteiger partial charge in [0.15, 0.2) is 0 Å². The number of nitrogens with zero attached hydrogens (tertiary/aromatic N) is 1. The molecule has 0 amide bonds. The number of aromatic nitrogens is 1. The quantitative estimate of drug-likeness (QED) is 0.904. The Hall–Kier alpha value is -1.26. The smallest absolute Gasteiger partial charge is 0.242 e. The Morgan fingerprint density at radius 1 is 1.35 bits per heavy atom. The molecular formula is C12H10BrClN2O. The molecule has 0 saturated carbocycles. The average molecular weight is 314 g/mol. The Bertz CT molecular complexity index is 560. The van der Waals surface area contributed by atoms with Crippen LogP contribution in [0.5, 0.6) is 11.6 Å². The Morgan fingerprint density at radius 2 is 2.12 bits per heavy atom. The van der Waals surface area contributed by atoms with Gasteiger partial charge in [-0.3, -0.25) is 0 Å². The second kappa shape index (κ2) is 4.94. The van der Waals surface area contributed by atoms with Crippen molar-refractivity contribution in [2.24, 2.45) is 0 Å². The highest BCUT2D eigenvalue weighted by Gasteiger charge is 2.08. The fourth-order valence-corrected chi connectivity index (χ4v) is 1.82. The molecule has 3 nitrogen and oxygen atoms in total. The summed E-state index contributed by atoms with van der Waals surface area (Å²) in [5, 5.41) is 0.509. The van der Waals surface area contributed by atoms with E-state index in [-0.39, 0.29) is 0 Å². The minimum Gasteiger partial charge on any atom is -0.435 e. The topological polar surface area (TPSA) is 48.1 Å². The Morgan fingerprint density at radius 3 is 2.82 bits per heavy atom. The predicted molar refractivity (Wildman–Crippen MR) is 72.6 cm³/mol. The van der Waals surface area contributed by atoms with Crippen LogP contribution in [0.3, 0.4) is 0 Å². The SMILES string of the molecule is Cc1cnc(Oc2cc(Br)ccc2Cl)c(N)c1. The van der Waals surface area contributed by atoms with Gasteiger partial charge in [-0.15, -0.1) is 0 Å². The third-order valence-corrected chi connectivity index (χ3v) is 2.92. The number of halogens is 2. The zero-order valence-corrected chi connectivity index (χ0v) is 11.4. The third kappa shape index (κ3) is 2.90. The maximum absolute atomic E-state index is 6.02. The van der Waals surface area contributed by atoms with Gasteiger partial charge in [0, 0.05) is 10.7 Å². The summed E-state index contributed by atoms with van der Waals surface area (Å²) in [6, 6.07) is 7.14. The highest BCUT2D eigenvalue weighted by Crippen LogP contribution is 2.33.